The Hall–Kier alpha value is -0.900. The second-order valence-corrected chi connectivity index (χ2v) is 4.17. The molecule has 1 aromatic heterocycles. The van der Waals surface area contributed by atoms with Crippen LogP contribution >= 0.6 is 15.9 Å². The molecular formula is C11H13BrN2O. The molecule has 4 heteroatoms. The van der Waals surface area contributed by atoms with E-state index in [0.29, 0.717) is 5.33 Å². The first-order valence-electron chi connectivity index (χ1n) is 5.13. The van der Waals surface area contributed by atoms with Crippen LogP contribution in [-0.2, 0) is 11.2 Å². The number of aromatic nitrogens is 1. The van der Waals surface area contributed by atoms with E-state index in [1.54, 1.807) is 6.20 Å². The fourth-order valence-electron chi connectivity index (χ4n) is 1.88. The van der Waals surface area contributed by atoms with Gasteiger partial charge in [-0.3, -0.25) is 9.78 Å². The Bertz CT molecular complexity index is 367. The minimum atomic E-state index is 0.117. The molecule has 0 bridgehead atoms. The molecule has 80 valence electrons. The summed E-state index contributed by atoms with van der Waals surface area (Å²) < 4.78 is 0. The van der Waals surface area contributed by atoms with E-state index in [4.69, 9.17) is 0 Å². The predicted octanol–water partition coefficient (Wildman–Crippen LogP) is 2.15. The number of anilines is 1. The van der Waals surface area contributed by atoms with E-state index >= 15 is 0 Å². The Kier molecular flexibility index (Phi) is 3.36. The number of aryl methyl sites for hydroxylation is 1. The maximum Gasteiger partial charge on any atom is 0.237 e. The van der Waals surface area contributed by atoms with E-state index in [1.807, 2.05) is 17.0 Å². The molecule has 1 amide bonds. The number of amides is 1. The quantitative estimate of drug-likeness (QED) is 0.732. The van der Waals surface area contributed by atoms with E-state index in [2.05, 4.69) is 20.9 Å². The van der Waals surface area contributed by atoms with Gasteiger partial charge in [-0.25, -0.2) is 0 Å². The predicted molar refractivity (Wildman–Crippen MR) is 63.3 cm³/mol. The fourth-order valence-corrected chi connectivity index (χ4v) is 2.18. The van der Waals surface area contributed by atoms with Gasteiger partial charge in [-0.1, -0.05) is 15.9 Å². The second kappa shape index (κ2) is 4.75. The summed E-state index contributed by atoms with van der Waals surface area (Å²) in [6, 6.07) is 3.87. The summed E-state index contributed by atoms with van der Waals surface area (Å²) in [4.78, 5) is 17.9. The van der Waals surface area contributed by atoms with Crippen molar-refractivity contribution < 1.29 is 4.79 Å². The Morgan fingerprint density at radius 2 is 2.40 bits per heavy atom. The Morgan fingerprint density at radius 3 is 3.20 bits per heavy atom. The van der Waals surface area contributed by atoms with Crippen LogP contribution < -0.4 is 4.90 Å². The van der Waals surface area contributed by atoms with Gasteiger partial charge >= 0.3 is 0 Å². The molecule has 0 saturated carbocycles. The topological polar surface area (TPSA) is 33.2 Å². The van der Waals surface area contributed by atoms with Gasteiger partial charge in [-0.05, 0) is 31.4 Å². The maximum atomic E-state index is 11.7. The zero-order valence-electron chi connectivity index (χ0n) is 8.45. The second-order valence-electron chi connectivity index (χ2n) is 3.61. The lowest BCUT2D eigenvalue weighted by Crippen LogP contribution is -2.32. The van der Waals surface area contributed by atoms with Gasteiger partial charge in [0.25, 0.3) is 0 Å². The highest BCUT2D eigenvalue weighted by Crippen LogP contribution is 2.24. The van der Waals surface area contributed by atoms with Crippen LogP contribution in [0.5, 0.6) is 0 Å². The third-order valence-corrected chi connectivity index (χ3v) is 3.10. The highest BCUT2D eigenvalue weighted by Gasteiger charge is 2.20. The molecule has 1 aliphatic heterocycles. The number of halogens is 1. The zero-order valence-corrected chi connectivity index (χ0v) is 10.0. The largest absolute Gasteiger partial charge is 0.310 e. The molecule has 0 saturated heterocycles. The van der Waals surface area contributed by atoms with E-state index in [9.17, 15) is 4.79 Å². The minimum Gasteiger partial charge on any atom is -0.310 e. The number of hydrogen-bond donors (Lipinski definition) is 0. The highest BCUT2D eigenvalue weighted by atomic mass is 79.9. The van der Waals surface area contributed by atoms with Crippen molar-refractivity contribution >= 4 is 27.5 Å². The lowest BCUT2D eigenvalue weighted by atomic mass is 10.2. The van der Waals surface area contributed by atoms with Crippen molar-refractivity contribution in [3.8, 4) is 0 Å². The Balaban J connectivity index is 2.37. The van der Waals surface area contributed by atoms with Gasteiger partial charge in [0.15, 0.2) is 0 Å². The average Bonchev–Trinajstić information content (AvgIpc) is 2.50. The van der Waals surface area contributed by atoms with Crippen molar-refractivity contribution in [1.29, 1.82) is 0 Å². The number of hydrogen-bond acceptors (Lipinski definition) is 2. The molecule has 0 aliphatic carbocycles. The SMILES string of the molecule is O=C(CBr)N1CCCCc2ncccc21. The normalized spacial score (nSPS) is 15.7. The van der Waals surface area contributed by atoms with E-state index in [1.165, 1.54) is 0 Å². The minimum absolute atomic E-state index is 0.117. The molecule has 0 N–H and O–H groups in total. The molecule has 0 atom stereocenters. The van der Waals surface area contributed by atoms with E-state index < -0.39 is 0 Å². The fraction of sp³-hybridized carbons (Fsp3) is 0.455. The number of pyridine rings is 1. The summed E-state index contributed by atoms with van der Waals surface area (Å²) in [6.07, 6.45) is 4.92. The van der Waals surface area contributed by atoms with Crippen LogP contribution in [0.15, 0.2) is 18.3 Å². The number of carbonyl (C=O) groups excluding carboxylic acids is 1. The summed E-state index contributed by atoms with van der Waals surface area (Å²) in [6.45, 7) is 0.809. The van der Waals surface area contributed by atoms with Crippen molar-refractivity contribution in [2.24, 2.45) is 0 Å². The number of carbonyl (C=O) groups is 1. The summed E-state index contributed by atoms with van der Waals surface area (Å²) in [5.41, 5.74) is 2.03. The molecule has 1 aliphatic rings. The van der Waals surface area contributed by atoms with E-state index in [-0.39, 0.29) is 5.91 Å². The van der Waals surface area contributed by atoms with Crippen molar-refractivity contribution in [2.75, 3.05) is 16.8 Å². The van der Waals surface area contributed by atoms with Crippen LogP contribution in [0.2, 0.25) is 0 Å². The first kappa shape index (κ1) is 10.6. The van der Waals surface area contributed by atoms with Gasteiger partial charge in [-0.15, -0.1) is 0 Å². The van der Waals surface area contributed by atoms with Crippen LogP contribution in [0.4, 0.5) is 5.69 Å². The van der Waals surface area contributed by atoms with Gasteiger partial charge in [0, 0.05) is 12.7 Å². The van der Waals surface area contributed by atoms with Crippen molar-refractivity contribution in [1.82, 2.24) is 4.98 Å². The zero-order chi connectivity index (χ0) is 10.7. The van der Waals surface area contributed by atoms with Crippen LogP contribution in [0.3, 0.4) is 0 Å². The molecule has 0 unspecified atom stereocenters. The van der Waals surface area contributed by atoms with Crippen molar-refractivity contribution in [2.45, 2.75) is 19.3 Å². The summed E-state index contributed by atoms with van der Waals surface area (Å²) in [5, 5.41) is 0.376. The molecule has 2 heterocycles. The third-order valence-electron chi connectivity index (χ3n) is 2.62. The van der Waals surface area contributed by atoms with Crippen LogP contribution in [-0.4, -0.2) is 22.8 Å². The molecule has 15 heavy (non-hydrogen) atoms. The standard InChI is InChI=1S/C11H13BrN2O/c12-8-11(15)14-7-2-1-4-9-10(14)5-3-6-13-9/h3,5-6H,1-2,4,7-8H2. The van der Waals surface area contributed by atoms with Crippen molar-refractivity contribution in [3.05, 3.63) is 24.0 Å². The van der Waals surface area contributed by atoms with E-state index in [0.717, 1.165) is 37.2 Å². The Labute approximate surface area is 97.6 Å². The summed E-state index contributed by atoms with van der Waals surface area (Å²) in [7, 11) is 0. The number of rotatable bonds is 1. The smallest absolute Gasteiger partial charge is 0.237 e. The lowest BCUT2D eigenvalue weighted by molar-refractivity contribution is -0.116. The van der Waals surface area contributed by atoms with Crippen molar-refractivity contribution in [3.63, 3.8) is 0 Å². The highest BCUT2D eigenvalue weighted by molar-refractivity contribution is 9.09. The van der Waals surface area contributed by atoms with Gasteiger partial charge in [0.2, 0.25) is 5.91 Å². The van der Waals surface area contributed by atoms with Gasteiger partial charge in [0.05, 0.1) is 16.7 Å². The number of alkyl halides is 1. The number of fused-ring (bicyclic) bond motifs is 1. The summed E-state index contributed by atoms with van der Waals surface area (Å²) in [5.74, 6) is 0.117. The molecule has 3 nitrogen and oxygen atoms in total. The molecule has 0 fully saturated rings. The van der Waals surface area contributed by atoms with Gasteiger partial charge in [0.1, 0.15) is 0 Å². The average molecular weight is 269 g/mol. The first-order valence-corrected chi connectivity index (χ1v) is 6.25. The van der Waals surface area contributed by atoms with Crippen LogP contribution in [0, 0.1) is 0 Å². The van der Waals surface area contributed by atoms with Gasteiger partial charge < -0.3 is 4.90 Å². The molecule has 0 aromatic carbocycles. The van der Waals surface area contributed by atoms with Crippen LogP contribution in [0.25, 0.3) is 0 Å². The van der Waals surface area contributed by atoms with Crippen LogP contribution in [0.1, 0.15) is 18.5 Å². The first-order chi connectivity index (χ1) is 7.33. The molecule has 2 rings (SSSR count). The molecule has 0 spiro atoms. The van der Waals surface area contributed by atoms with Gasteiger partial charge in [-0.2, -0.15) is 0 Å². The summed E-state index contributed by atoms with van der Waals surface area (Å²) >= 11 is 3.22. The lowest BCUT2D eigenvalue weighted by Gasteiger charge is -2.21. The monoisotopic (exact) mass is 268 g/mol. The molecular weight excluding hydrogens is 256 g/mol. The Morgan fingerprint density at radius 1 is 1.53 bits per heavy atom. The number of nitrogens with zero attached hydrogens (tertiary/aromatic N) is 2. The maximum absolute atomic E-state index is 11.7. The molecule has 0 radical (unpaired) electrons. The third kappa shape index (κ3) is 2.20. The molecule has 1 aromatic rings.